The number of hydrogen-bond donors (Lipinski definition) is 2. The Bertz CT molecular complexity index is 654. The lowest BCUT2D eigenvalue weighted by atomic mass is 10.0. The molecule has 23 heavy (non-hydrogen) atoms. The first-order chi connectivity index (χ1) is 11.1. The fraction of sp³-hybridized carbons (Fsp3) is 0.294. The molecule has 6 heteroatoms. The van der Waals surface area contributed by atoms with Crippen LogP contribution in [-0.4, -0.2) is 34.9 Å². The highest BCUT2D eigenvalue weighted by atomic mass is 16.2. The van der Waals surface area contributed by atoms with E-state index in [0.29, 0.717) is 24.6 Å². The maximum absolute atomic E-state index is 12.0. The Morgan fingerprint density at radius 1 is 1.00 bits per heavy atom. The topological polar surface area (TPSA) is 84.0 Å². The van der Waals surface area contributed by atoms with E-state index in [2.05, 4.69) is 34.4 Å². The Hall–Kier alpha value is -2.76. The van der Waals surface area contributed by atoms with E-state index in [-0.39, 0.29) is 17.5 Å². The van der Waals surface area contributed by atoms with Gasteiger partial charge >= 0.3 is 0 Å². The largest absolute Gasteiger partial charge is 0.350 e. The zero-order valence-corrected chi connectivity index (χ0v) is 13.2. The number of aromatic nitrogens is 2. The summed E-state index contributed by atoms with van der Waals surface area (Å²) in [6, 6.07) is 7.52. The fourth-order valence-electron chi connectivity index (χ4n) is 1.98. The summed E-state index contributed by atoms with van der Waals surface area (Å²) in [5, 5.41) is 5.44. The number of hydrogen-bond acceptors (Lipinski definition) is 4. The smallest absolute Gasteiger partial charge is 0.271 e. The maximum Gasteiger partial charge on any atom is 0.271 e. The zero-order chi connectivity index (χ0) is 16.7. The van der Waals surface area contributed by atoms with Gasteiger partial charge in [-0.2, -0.15) is 0 Å². The molecule has 0 saturated carbocycles. The molecule has 0 unspecified atom stereocenters. The van der Waals surface area contributed by atoms with Crippen molar-refractivity contribution in [2.75, 3.05) is 13.1 Å². The van der Waals surface area contributed by atoms with Crippen molar-refractivity contribution in [3.05, 3.63) is 59.7 Å². The molecule has 0 aliphatic rings. The quantitative estimate of drug-likeness (QED) is 0.796. The number of carbonyl (C=O) groups excluding carboxylic acids is 2. The predicted octanol–water partition coefficient (Wildman–Crippen LogP) is 1.76. The summed E-state index contributed by atoms with van der Waals surface area (Å²) in [7, 11) is 0. The van der Waals surface area contributed by atoms with Gasteiger partial charge in [0.05, 0.1) is 6.20 Å². The van der Waals surface area contributed by atoms with Gasteiger partial charge in [0.2, 0.25) is 0 Å². The molecule has 0 bridgehead atoms. The number of rotatable bonds is 6. The average molecular weight is 312 g/mol. The monoisotopic (exact) mass is 312 g/mol. The van der Waals surface area contributed by atoms with E-state index in [0.717, 1.165) is 0 Å². The Balaban J connectivity index is 1.75. The number of nitrogens with one attached hydrogen (secondary N) is 2. The van der Waals surface area contributed by atoms with Crippen LogP contribution in [0.5, 0.6) is 0 Å². The van der Waals surface area contributed by atoms with Gasteiger partial charge in [-0.1, -0.05) is 26.0 Å². The van der Waals surface area contributed by atoms with E-state index >= 15 is 0 Å². The van der Waals surface area contributed by atoms with Gasteiger partial charge in [-0.25, -0.2) is 4.98 Å². The van der Waals surface area contributed by atoms with Crippen LogP contribution >= 0.6 is 0 Å². The van der Waals surface area contributed by atoms with E-state index in [1.807, 2.05) is 24.3 Å². The predicted molar refractivity (Wildman–Crippen MR) is 87.2 cm³/mol. The Kier molecular flexibility index (Phi) is 5.80. The Morgan fingerprint density at radius 2 is 1.65 bits per heavy atom. The Labute approximate surface area is 135 Å². The van der Waals surface area contributed by atoms with Gasteiger partial charge in [-0.3, -0.25) is 14.6 Å². The normalized spacial score (nSPS) is 10.4. The fourth-order valence-corrected chi connectivity index (χ4v) is 1.98. The van der Waals surface area contributed by atoms with Gasteiger partial charge in [0.25, 0.3) is 11.8 Å². The summed E-state index contributed by atoms with van der Waals surface area (Å²) < 4.78 is 0. The van der Waals surface area contributed by atoms with Crippen LogP contribution in [0.4, 0.5) is 0 Å². The van der Waals surface area contributed by atoms with Crippen molar-refractivity contribution in [2.45, 2.75) is 19.8 Å². The average Bonchev–Trinajstić information content (AvgIpc) is 2.59. The lowest BCUT2D eigenvalue weighted by Crippen LogP contribution is -2.35. The van der Waals surface area contributed by atoms with Gasteiger partial charge in [-0.05, 0) is 23.6 Å². The molecule has 2 rings (SSSR count). The molecule has 1 aromatic heterocycles. The number of benzene rings is 1. The molecule has 0 fully saturated rings. The van der Waals surface area contributed by atoms with Gasteiger partial charge in [-0.15, -0.1) is 0 Å². The molecular weight excluding hydrogens is 292 g/mol. The highest BCUT2D eigenvalue weighted by Gasteiger charge is 2.08. The molecule has 2 amide bonds. The molecule has 1 aromatic carbocycles. The summed E-state index contributed by atoms with van der Waals surface area (Å²) in [5.74, 6) is -0.0360. The summed E-state index contributed by atoms with van der Waals surface area (Å²) >= 11 is 0. The van der Waals surface area contributed by atoms with Gasteiger partial charge in [0.1, 0.15) is 5.69 Å². The van der Waals surface area contributed by atoms with Crippen molar-refractivity contribution >= 4 is 11.8 Å². The van der Waals surface area contributed by atoms with Crippen LogP contribution in [0.25, 0.3) is 0 Å². The van der Waals surface area contributed by atoms with Crippen LogP contribution in [0.1, 0.15) is 46.2 Å². The van der Waals surface area contributed by atoms with E-state index in [1.165, 1.54) is 24.2 Å². The van der Waals surface area contributed by atoms with Gasteiger partial charge < -0.3 is 10.6 Å². The molecule has 0 spiro atoms. The molecule has 0 aliphatic carbocycles. The minimum atomic E-state index is -0.311. The van der Waals surface area contributed by atoms with Crippen molar-refractivity contribution in [1.29, 1.82) is 0 Å². The molecular formula is C17H20N4O2. The second-order valence-corrected chi connectivity index (χ2v) is 5.38. The molecule has 120 valence electrons. The maximum atomic E-state index is 12.0. The van der Waals surface area contributed by atoms with E-state index < -0.39 is 0 Å². The molecule has 0 saturated heterocycles. The van der Waals surface area contributed by atoms with Gasteiger partial charge in [0.15, 0.2) is 0 Å². The van der Waals surface area contributed by atoms with Crippen LogP contribution in [-0.2, 0) is 0 Å². The first kappa shape index (κ1) is 16.6. The first-order valence-electron chi connectivity index (χ1n) is 7.50. The summed E-state index contributed by atoms with van der Waals surface area (Å²) in [6.45, 7) is 4.88. The van der Waals surface area contributed by atoms with Crippen LogP contribution in [0.15, 0.2) is 42.9 Å². The van der Waals surface area contributed by atoms with E-state index in [9.17, 15) is 9.59 Å². The molecule has 0 atom stereocenters. The first-order valence-corrected chi connectivity index (χ1v) is 7.50. The third-order valence-corrected chi connectivity index (χ3v) is 3.33. The molecule has 2 N–H and O–H groups in total. The zero-order valence-electron chi connectivity index (χ0n) is 13.2. The number of amides is 2. The third kappa shape index (κ3) is 4.88. The Morgan fingerprint density at radius 3 is 2.22 bits per heavy atom. The van der Waals surface area contributed by atoms with Crippen LogP contribution in [0.2, 0.25) is 0 Å². The SMILES string of the molecule is CC(C)c1ccc(C(=O)NCCNC(=O)c2cnccn2)cc1. The third-order valence-electron chi connectivity index (χ3n) is 3.33. The number of carbonyl (C=O) groups is 2. The minimum Gasteiger partial charge on any atom is -0.350 e. The second-order valence-electron chi connectivity index (χ2n) is 5.38. The van der Waals surface area contributed by atoms with Crippen LogP contribution in [0.3, 0.4) is 0 Å². The van der Waals surface area contributed by atoms with Crippen molar-refractivity contribution in [2.24, 2.45) is 0 Å². The van der Waals surface area contributed by atoms with E-state index in [1.54, 1.807) is 0 Å². The van der Waals surface area contributed by atoms with Crippen LogP contribution < -0.4 is 10.6 Å². The molecule has 0 aliphatic heterocycles. The van der Waals surface area contributed by atoms with Gasteiger partial charge in [0, 0.05) is 31.0 Å². The molecule has 0 radical (unpaired) electrons. The highest BCUT2D eigenvalue weighted by molar-refractivity contribution is 5.94. The van der Waals surface area contributed by atoms with Crippen LogP contribution in [0, 0.1) is 0 Å². The van der Waals surface area contributed by atoms with Crippen molar-refractivity contribution in [3.63, 3.8) is 0 Å². The summed E-state index contributed by atoms with van der Waals surface area (Å²) in [6.07, 6.45) is 4.35. The highest BCUT2D eigenvalue weighted by Crippen LogP contribution is 2.14. The summed E-state index contributed by atoms with van der Waals surface area (Å²) in [4.78, 5) is 31.5. The van der Waals surface area contributed by atoms with E-state index in [4.69, 9.17) is 0 Å². The lowest BCUT2D eigenvalue weighted by Gasteiger charge is -2.08. The van der Waals surface area contributed by atoms with Crippen molar-refractivity contribution in [1.82, 2.24) is 20.6 Å². The molecule has 2 aromatic rings. The number of nitrogens with zero attached hydrogens (tertiary/aromatic N) is 2. The molecule has 6 nitrogen and oxygen atoms in total. The molecule has 1 heterocycles. The summed E-state index contributed by atoms with van der Waals surface area (Å²) in [5.41, 5.74) is 2.05. The second kappa shape index (κ2) is 8.03. The van der Waals surface area contributed by atoms with Crippen molar-refractivity contribution < 1.29 is 9.59 Å². The minimum absolute atomic E-state index is 0.158. The van der Waals surface area contributed by atoms with Crippen molar-refractivity contribution in [3.8, 4) is 0 Å². The lowest BCUT2D eigenvalue weighted by molar-refractivity contribution is 0.0925. The standard InChI is InChI=1S/C17H20N4O2/c1-12(2)13-3-5-14(6-4-13)16(22)20-9-10-21-17(23)15-11-18-7-8-19-15/h3-8,11-12H,9-10H2,1-2H3,(H,20,22)(H,21,23).